The van der Waals surface area contributed by atoms with Gasteiger partial charge in [-0.15, -0.1) is 11.3 Å². The lowest BCUT2D eigenvalue weighted by Crippen LogP contribution is -2.18. The van der Waals surface area contributed by atoms with E-state index in [2.05, 4.69) is 5.32 Å². The Hall–Kier alpha value is -2.19. The predicted molar refractivity (Wildman–Crippen MR) is 106 cm³/mol. The summed E-state index contributed by atoms with van der Waals surface area (Å²) in [4.78, 5) is 24.9. The minimum Gasteiger partial charge on any atom is -0.462 e. The monoisotopic (exact) mass is 407 g/mol. The third-order valence-electron chi connectivity index (χ3n) is 4.41. The van der Waals surface area contributed by atoms with Gasteiger partial charge in [0.25, 0.3) is 0 Å². The van der Waals surface area contributed by atoms with Crippen molar-refractivity contribution < 1.29 is 22.7 Å². The van der Waals surface area contributed by atoms with Crippen molar-refractivity contribution >= 4 is 38.1 Å². The van der Waals surface area contributed by atoms with Crippen LogP contribution in [0.15, 0.2) is 35.7 Å². The number of sulfone groups is 1. The maximum Gasteiger partial charge on any atom is 0.341 e. The highest BCUT2D eigenvalue weighted by Crippen LogP contribution is 2.36. The number of nitrogens with one attached hydrogen (secondary N) is 1. The van der Waals surface area contributed by atoms with E-state index in [1.807, 2.05) is 35.7 Å². The molecule has 0 bridgehead atoms. The average molecular weight is 408 g/mol. The Balaban J connectivity index is 1.81. The Morgan fingerprint density at radius 3 is 2.63 bits per heavy atom. The van der Waals surface area contributed by atoms with Gasteiger partial charge in [-0.05, 0) is 24.8 Å². The second-order valence-electron chi connectivity index (χ2n) is 6.46. The molecule has 1 aromatic heterocycles. The minimum atomic E-state index is -3.03. The van der Waals surface area contributed by atoms with Crippen molar-refractivity contribution in [3.05, 3.63) is 41.3 Å². The van der Waals surface area contributed by atoms with Gasteiger partial charge in [-0.3, -0.25) is 4.79 Å². The van der Waals surface area contributed by atoms with Crippen molar-refractivity contribution in [3.8, 4) is 11.1 Å². The number of esters is 1. The van der Waals surface area contributed by atoms with E-state index in [1.165, 1.54) is 11.3 Å². The first kappa shape index (κ1) is 19.6. The van der Waals surface area contributed by atoms with Gasteiger partial charge in [-0.1, -0.05) is 30.3 Å². The average Bonchev–Trinajstić information content (AvgIpc) is 3.18. The van der Waals surface area contributed by atoms with Crippen LogP contribution in [-0.2, 0) is 19.4 Å². The van der Waals surface area contributed by atoms with Crippen LogP contribution in [0.3, 0.4) is 0 Å². The van der Waals surface area contributed by atoms with Gasteiger partial charge < -0.3 is 10.1 Å². The lowest BCUT2D eigenvalue weighted by atomic mass is 10.0. The van der Waals surface area contributed by atoms with Crippen LogP contribution in [0.25, 0.3) is 11.1 Å². The smallest absolute Gasteiger partial charge is 0.341 e. The fourth-order valence-electron chi connectivity index (χ4n) is 3.16. The quantitative estimate of drug-likeness (QED) is 0.742. The van der Waals surface area contributed by atoms with E-state index in [0.717, 1.165) is 5.56 Å². The number of carbonyl (C=O) groups excluding carboxylic acids is 2. The third kappa shape index (κ3) is 4.75. The molecule has 0 saturated carbocycles. The Bertz CT molecular complexity index is 934. The Labute approximate surface area is 162 Å². The molecule has 0 unspecified atom stereocenters. The molecular formula is C19H21NO5S2. The molecule has 1 N–H and O–H groups in total. The molecular weight excluding hydrogens is 386 g/mol. The molecule has 0 aliphatic carbocycles. The molecule has 1 aliphatic heterocycles. The van der Waals surface area contributed by atoms with E-state index in [4.69, 9.17) is 4.74 Å². The van der Waals surface area contributed by atoms with Crippen LogP contribution >= 0.6 is 11.3 Å². The van der Waals surface area contributed by atoms with Gasteiger partial charge in [-0.2, -0.15) is 0 Å². The largest absolute Gasteiger partial charge is 0.462 e. The maximum absolute atomic E-state index is 12.5. The zero-order valence-electron chi connectivity index (χ0n) is 14.9. The first-order chi connectivity index (χ1) is 12.9. The minimum absolute atomic E-state index is 0.0465. The standard InChI is InChI=1S/C19H21NO5S2/c1-2-25-19(22)17-15(14-6-4-3-5-7-14)11-26-18(17)20-16(21)10-13-8-9-27(23,24)12-13/h3-7,11,13H,2,8-10,12H2,1H3,(H,20,21)/t13-/m0/s1. The fraction of sp³-hybridized carbons (Fsp3) is 0.368. The zero-order chi connectivity index (χ0) is 19.4. The summed E-state index contributed by atoms with van der Waals surface area (Å²) in [7, 11) is -3.03. The predicted octanol–water partition coefficient (Wildman–Crippen LogP) is 3.36. The van der Waals surface area contributed by atoms with Crippen LogP contribution in [0.5, 0.6) is 0 Å². The molecule has 1 atom stereocenters. The molecule has 1 aromatic carbocycles. The normalized spacial score (nSPS) is 18.2. The second-order valence-corrected chi connectivity index (χ2v) is 9.57. The van der Waals surface area contributed by atoms with Gasteiger partial charge >= 0.3 is 5.97 Å². The van der Waals surface area contributed by atoms with Gasteiger partial charge in [0, 0.05) is 17.4 Å². The molecule has 8 heteroatoms. The van der Waals surface area contributed by atoms with E-state index in [-0.39, 0.29) is 36.4 Å². The molecule has 1 aliphatic rings. The summed E-state index contributed by atoms with van der Waals surface area (Å²) in [6.45, 7) is 1.96. The summed E-state index contributed by atoms with van der Waals surface area (Å²) < 4.78 is 28.3. The lowest BCUT2D eigenvalue weighted by molar-refractivity contribution is -0.116. The number of anilines is 1. The summed E-state index contributed by atoms with van der Waals surface area (Å²) in [6, 6.07) is 9.42. The van der Waals surface area contributed by atoms with E-state index in [9.17, 15) is 18.0 Å². The fourth-order valence-corrected chi connectivity index (χ4v) is 5.99. The summed E-state index contributed by atoms with van der Waals surface area (Å²) in [5.41, 5.74) is 1.90. The van der Waals surface area contributed by atoms with Gasteiger partial charge in [0.15, 0.2) is 9.84 Å². The summed E-state index contributed by atoms with van der Waals surface area (Å²) in [5, 5.41) is 5.02. The van der Waals surface area contributed by atoms with E-state index >= 15 is 0 Å². The highest BCUT2D eigenvalue weighted by Gasteiger charge is 2.30. The molecule has 6 nitrogen and oxygen atoms in total. The third-order valence-corrected chi connectivity index (χ3v) is 7.14. The van der Waals surface area contributed by atoms with Crippen molar-refractivity contribution in [1.82, 2.24) is 0 Å². The number of amides is 1. The van der Waals surface area contributed by atoms with E-state index in [0.29, 0.717) is 22.5 Å². The van der Waals surface area contributed by atoms with Crippen LogP contribution in [0.4, 0.5) is 5.00 Å². The van der Waals surface area contributed by atoms with Crippen LogP contribution in [0.1, 0.15) is 30.1 Å². The zero-order valence-corrected chi connectivity index (χ0v) is 16.6. The molecule has 2 aromatic rings. The highest BCUT2D eigenvalue weighted by atomic mass is 32.2. The van der Waals surface area contributed by atoms with Crippen molar-refractivity contribution in [3.63, 3.8) is 0 Å². The van der Waals surface area contributed by atoms with Gasteiger partial charge in [0.1, 0.15) is 10.6 Å². The van der Waals surface area contributed by atoms with E-state index < -0.39 is 15.8 Å². The molecule has 3 rings (SSSR count). The number of thiophene rings is 1. The van der Waals surface area contributed by atoms with Crippen molar-refractivity contribution in [2.45, 2.75) is 19.8 Å². The number of rotatable bonds is 6. The molecule has 1 fully saturated rings. The van der Waals surface area contributed by atoms with Crippen LogP contribution in [0, 0.1) is 5.92 Å². The first-order valence-electron chi connectivity index (χ1n) is 8.74. The summed E-state index contributed by atoms with van der Waals surface area (Å²) >= 11 is 1.26. The number of hydrogen-bond donors (Lipinski definition) is 1. The Kier molecular flexibility index (Phi) is 5.96. The van der Waals surface area contributed by atoms with Crippen LogP contribution < -0.4 is 5.32 Å². The summed E-state index contributed by atoms with van der Waals surface area (Å²) in [6.07, 6.45) is 0.625. The highest BCUT2D eigenvalue weighted by molar-refractivity contribution is 7.91. The molecule has 1 amide bonds. The topological polar surface area (TPSA) is 89.5 Å². The summed E-state index contributed by atoms with van der Waals surface area (Å²) in [5.74, 6) is -0.767. The van der Waals surface area contributed by atoms with Crippen LogP contribution in [0.2, 0.25) is 0 Å². The van der Waals surface area contributed by atoms with Crippen molar-refractivity contribution in [1.29, 1.82) is 0 Å². The number of hydrogen-bond acceptors (Lipinski definition) is 6. The Morgan fingerprint density at radius 1 is 1.26 bits per heavy atom. The SMILES string of the molecule is CCOC(=O)c1c(-c2ccccc2)csc1NC(=O)C[C@@H]1CCS(=O)(=O)C1. The molecule has 0 spiro atoms. The Morgan fingerprint density at radius 2 is 2.00 bits per heavy atom. The van der Waals surface area contributed by atoms with Gasteiger partial charge in [-0.25, -0.2) is 13.2 Å². The van der Waals surface area contributed by atoms with Gasteiger partial charge in [0.05, 0.1) is 18.1 Å². The first-order valence-corrected chi connectivity index (χ1v) is 11.4. The number of carbonyl (C=O) groups is 2. The molecule has 27 heavy (non-hydrogen) atoms. The van der Waals surface area contributed by atoms with Gasteiger partial charge in [0.2, 0.25) is 5.91 Å². The molecule has 144 valence electrons. The van der Waals surface area contributed by atoms with Crippen LogP contribution in [-0.4, -0.2) is 38.4 Å². The number of benzene rings is 1. The van der Waals surface area contributed by atoms with Crippen molar-refractivity contribution in [2.24, 2.45) is 5.92 Å². The maximum atomic E-state index is 12.5. The number of ether oxygens (including phenoxy) is 1. The lowest BCUT2D eigenvalue weighted by Gasteiger charge is -2.10. The van der Waals surface area contributed by atoms with E-state index in [1.54, 1.807) is 6.92 Å². The second kappa shape index (κ2) is 8.22. The molecule has 1 saturated heterocycles. The molecule has 2 heterocycles. The molecule has 0 radical (unpaired) electrons. The van der Waals surface area contributed by atoms with Crippen molar-refractivity contribution in [2.75, 3.05) is 23.4 Å².